The third-order valence-electron chi connectivity index (χ3n) is 3.31. The molecule has 0 spiro atoms. The summed E-state index contributed by atoms with van der Waals surface area (Å²) >= 11 is 0. The minimum absolute atomic E-state index is 0.230. The van der Waals surface area contributed by atoms with Gasteiger partial charge in [0.25, 0.3) is 0 Å². The van der Waals surface area contributed by atoms with Crippen molar-refractivity contribution in [2.45, 2.75) is 20.0 Å². The SMILES string of the molecule is CCN(Cc1cccc(F)c1)Cc1nc(-c2ccco2)no1. The fourth-order valence-electron chi connectivity index (χ4n) is 2.19. The molecule has 0 radical (unpaired) electrons. The molecule has 0 aliphatic rings. The fraction of sp³-hybridized carbons (Fsp3) is 0.250. The smallest absolute Gasteiger partial charge is 0.241 e. The first-order valence-electron chi connectivity index (χ1n) is 7.08. The highest BCUT2D eigenvalue weighted by atomic mass is 19.1. The van der Waals surface area contributed by atoms with E-state index < -0.39 is 0 Å². The minimum Gasteiger partial charge on any atom is -0.461 e. The molecule has 22 heavy (non-hydrogen) atoms. The van der Waals surface area contributed by atoms with Crippen molar-refractivity contribution in [1.29, 1.82) is 0 Å². The molecule has 0 N–H and O–H groups in total. The average molecular weight is 301 g/mol. The van der Waals surface area contributed by atoms with Gasteiger partial charge < -0.3 is 8.94 Å². The molecular formula is C16H16FN3O2. The van der Waals surface area contributed by atoms with Gasteiger partial charge in [0.05, 0.1) is 12.8 Å². The molecular weight excluding hydrogens is 285 g/mol. The second-order valence-corrected chi connectivity index (χ2v) is 4.92. The maximum absolute atomic E-state index is 13.2. The molecule has 1 aromatic carbocycles. The minimum atomic E-state index is -0.230. The van der Waals surface area contributed by atoms with Crippen molar-refractivity contribution in [1.82, 2.24) is 15.0 Å². The molecule has 0 atom stereocenters. The van der Waals surface area contributed by atoms with Crippen LogP contribution in [0.2, 0.25) is 0 Å². The van der Waals surface area contributed by atoms with E-state index >= 15 is 0 Å². The van der Waals surface area contributed by atoms with Crippen molar-refractivity contribution < 1.29 is 13.3 Å². The summed E-state index contributed by atoms with van der Waals surface area (Å²) in [6.07, 6.45) is 1.56. The standard InChI is InChI=1S/C16H16FN3O2/c1-2-20(10-12-5-3-6-13(17)9-12)11-15-18-16(19-22-15)14-7-4-8-21-14/h3-9H,2,10-11H2,1H3. The van der Waals surface area contributed by atoms with Crippen molar-refractivity contribution in [3.05, 3.63) is 59.9 Å². The molecule has 3 rings (SSSR count). The van der Waals surface area contributed by atoms with Crippen LogP contribution in [-0.4, -0.2) is 21.6 Å². The zero-order chi connectivity index (χ0) is 15.4. The summed E-state index contributed by atoms with van der Waals surface area (Å²) in [5.41, 5.74) is 0.910. The molecule has 3 aromatic rings. The summed E-state index contributed by atoms with van der Waals surface area (Å²) in [5, 5.41) is 3.90. The Balaban J connectivity index is 1.68. The van der Waals surface area contributed by atoms with Gasteiger partial charge in [-0.25, -0.2) is 4.39 Å². The van der Waals surface area contributed by atoms with Crippen LogP contribution < -0.4 is 0 Å². The van der Waals surface area contributed by atoms with Gasteiger partial charge in [-0.3, -0.25) is 4.90 Å². The Labute approximate surface area is 127 Å². The maximum atomic E-state index is 13.2. The molecule has 0 amide bonds. The van der Waals surface area contributed by atoms with Crippen LogP contribution in [0.1, 0.15) is 18.4 Å². The molecule has 0 bridgehead atoms. The maximum Gasteiger partial charge on any atom is 0.241 e. The lowest BCUT2D eigenvalue weighted by Gasteiger charge is -2.18. The van der Waals surface area contributed by atoms with Gasteiger partial charge in [0.2, 0.25) is 11.7 Å². The summed E-state index contributed by atoms with van der Waals surface area (Å²) in [6.45, 7) is 3.94. The third kappa shape index (κ3) is 3.40. The van der Waals surface area contributed by atoms with E-state index in [2.05, 4.69) is 15.0 Å². The summed E-state index contributed by atoms with van der Waals surface area (Å²) < 4.78 is 23.7. The lowest BCUT2D eigenvalue weighted by Crippen LogP contribution is -2.22. The van der Waals surface area contributed by atoms with Gasteiger partial charge >= 0.3 is 0 Å². The van der Waals surface area contributed by atoms with Crippen LogP contribution in [0.25, 0.3) is 11.6 Å². The number of nitrogens with zero attached hydrogens (tertiary/aromatic N) is 3. The lowest BCUT2D eigenvalue weighted by atomic mass is 10.2. The first kappa shape index (κ1) is 14.5. The zero-order valence-electron chi connectivity index (χ0n) is 12.2. The van der Waals surface area contributed by atoms with E-state index in [0.29, 0.717) is 30.6 Å². The molecule has 5 nitrogen and oxygen atoms in total. The van der Waals surface area contributed by atoms with Crippen LogP contribution in [0.5, 0.6) is 0 Å². The Hall–Kier alpha value is -2.47. The van der Waals surface area contributed by atoms with Crippen LogP contribution in [-0.2, 0) is 13.1 Å². The molecule has 0 unspecified atom stereocenters. The number of furan rings is 1. The highest BCUT2D eigenvalue weighted by Gasteiger charge is 2.14. The topological polar surface area (TPSA) is 55.3 Å². The Kier molecular flexibility index (Phi) is 4.29. The predicted octanol–water partition coefficient (Wildman–Crippen LogP) is 3.49. The summed E-state index contributed by atoms with van der Waals surface area (Å²) in [7, 11) is 0. The van der Waals surface area contributed by atoms with Gasteiger partial charge in [0.1, 0.15) is 5.82 Å². The van der Waals surface area contributed by atoms with Gasteiger partial charge in [0.15, 0.2) is 5.76 Å². The second kappa shape index (κ2) is 6.53. The molecule has 0 fully saturated rings. The van der Waals surface area contributed by atoms with Gasteiger partial charge in [0, 0.05) is 6.54 Å². The van der Waals surface area contributed by atoms with E-state index in [1.807, 2.05) is 13.0 Å². The Morgan fingerprint density at radius 2 is 2.09 bits per heavy atom. The van der Waals surface area contributed by atoms with Crippen molar-refractivity contribution in [3.63, 3.8) is 0 Å². The monoisotopic (exact) mass is 301 g/mol. The van der Waals surface area contributed by atoms with E-state index in [1.165, 1.54) is 12.1 Å². The second-order valence-electron chi connectivity index (χ2n) is 4.92. The highest BCUT2D eigenvalue weighted by molar-refractivity contribution is 5.44. The summed E-state index contributed by atoms with van der Waals surface area (Å²) in [4.78, 5) is 6.40. The van der Waals surface area contributed by atoms with Crippen molar-refractivity contribution in [2.75, 3.05) is 6.54 Å². The molecule has 2 heterocycles. The third-order valence-corrected chi connectivity index (χ3v) is 3.31. The first-order valence-corrected chi connectivity index (χ1v) is 7.08. The van der Waals surface area contributed by atoms with Gasteiger partial charge in [-0.1, -0.05) is 24.2 Å². The van der Waals surface area contributed by atoms with Crippen molar-refractivity contribution >= 4 is 0 Å². The van der Waals surface area contributed by atoms with Gasteiger partial charge in [-0.15, -0.1) is 0 Å². The summed E-state index contributed by atoms with van der Waals surface area (Å²) in [5.74, 6) is 1.28. The molecule has 0 aliphatic carbocycles. The Morgan fingerprint density at radius 3 is 2.82 bits per heavy atom. The molecule has 0 saturated carbocycles. The number of hydrogen-bond acceptors (Lipinski definition) is 5. The van der Waals surface area contributed by atoms with Gasteiger partial charge in [-0.05, 0) is 36.4 Å². The molecule has 0 aliphatic heterocycles. The number of halogens is 1. The van der Waals surface area contributed by atoms with E-state index in [4.69, 9.17) is 8.94 Å². The molecule has 0 saturated heterocycles. The normalized spacial score (nSPS) is 11.2. The zero-order valence-corrected chi connectivity index (χ0v) is 12.2. The van der Waals surface area contributed by atoms with Crippen LogP contribution in [0.4, 0.5) is 4.39 Å². The van der Waals surface area contributed by atoms with Crippen LogP contribution in [0, 0.1) is 5.82 Å². The summed E-state index contributed by atoms with van der Waals surface area (Å²) in [6, 6.07) is 10.1. The predicted molar refractivity (Wildman–Crippen MR) is 78.2 cm³/mol. The van der Waals surface area contributed by atoms with Crippen LogP contribution in [0.15, 0.2) is 51.6 Å². The average Bonchev–Trinajstić information content (AvgIpc) is 3.17. The number of aromatic nitrogens is 2. The lowest BCUT2D eigenvalue weighted by molar-refractivity contribution is 0.229. The van der Waals surface area contributed by atoms with Crippen molar-refractivity contribution in [3.8, 4) is 11.6 Å². The highest BCUT2D eigenvalue weighted by Crippen LogP contribution is 2.17. The van der Waals surface area contributed by atoms with Gasteiger partial charge in [-0.2, -0.15) is 4.98 Å². The molecule has 114 valence electrons. The van der Waals surface area contributed by atoms with E-state index in [1.54, 1.807) is 24.5 Å². The Morgan fingerprint density at radius 1 is 1.18 bits per heavy atom. The van der Waals surface area contributed by atoms with Crippen LogP contribution in [0.3, 0.4) is 0 Å². The number of rotatable bonds is 6. The van der Waals surface area contributed by atoms with E-state index in [-0.39, 0.29) is 5.82 Å². The van der Waals surface area contributed by atoms with Crippen LogP contribution >= 0.6 is 0 Å². The first-order chi connectivity index (χ1) is 10.7. The van der Waals surface area contributed by atoms with Crippen molar-refractivity contribution in [2.24, 2.45) is 0 Å². The van der Waals surface area contributed by atoms with E-state index in [9.17, 15) is 4.39 Å². The number of benzene rings is 1. The number of hydrogen-bond donors (Lipinski definition) is 0. The molecule has 2 aromatic heterocycles. The molecule has 6 heteroatoms. The Bertz CT molecular complexity index is 725. The van der Waals surface area contributed by atoms with E-state index in [0.717, 1.165) is 12.1 Å². The quantitative estimate of drug-likeness (QED) is 0.697. The fourth-order valence-corrected chi connectivity index (χ4v) is 2.19. The largest absolute Gasteiger partial charge is 0.461 e.